The van der Waals surface area contributed by atoms with Gasteiger partial charge < -0.3 is 9.84 Å². The molecule has 0 saturated heterocycles. The number of hydrogen-bond donors (Lipinski definition) is 1. The van der Waals surface area contributed by atoms with Crippen LogP contribution in [0.2, 0.25) is 0 Å². The standard InChI is InChI=1S/C13H12N4O/c1-9-6-11(17-18-9)8-14-13-12-5-3-2-4-10(12)7-15-16-13/h2-7H,8H2,1H3,(H,14,16). The molecule has 2 heterocycles. The molecule has 3 aromatic rings. The highest BCUT2D eigenvalue weighted by Crippen LogP contribution is 2.19. The van der Waals surface area contributed by atoms with Gasteiger partial charge in [-0.05, 0) is 6.92 Å². The first-order chi connectivity index (χ1) is 8.83. The summed E-state index contributed by atoms with van der Waals surface area (Å²) >= 11 is 0. The molecule has 0 atom stereocenters. The molecule has 0 aliphatic rings. The molecule has 5 nitrogen and oxygen atoms in total. The van der Waals surface area contributed by atoms with E-state index >= 15 is 0 Å². The van der Waals surface area contributed by atoms with Crippen LogP contribution >= 0.6 is 0 Å². The van der Waals surface area contributed by atoms with Crippen LogP contribution in [0.15, 0.2) is 41.1 Å². The molecule has 0 radical (unpaired) electrons. The zero-order valence-electron chi connectivity index (χ0n) is 9.92. The quantitative estimate of drug-likeness (QED) is 0.762. The monoisotopic (exact) mass is 240 g/mol. The highest BCUT2D eigenvalue weighted by Gasteiger charge is 2.04. The number of aromatic nitrogens is 3. The second-order valence-corrected chi connectivity index (χ2v) is 4.06. The molecule has 0 aliphatic heterocycles. The number of benzene rings is 1. The van der Waals surface area contributed by atoms with Gasteiger partial charge in [-0.1, -0.05) is 29.4 Å². The fourth-order valence-electron chi connectivity index (χ4n) is 1.83. The minimum absolute atomic E-state index is 0.569. The van der Waals surface area contributed by atoms with Gasteiger partial charge in [0.2, 0.25) is 0 Å². The maximum absolute atomic E-state index is 5.01. The summed E-state index contributed by atoms with van der Waals surface area (Å²) in [7, 11) is 0. The largest absolute Gasteiger partial charge is 0.362 e. The number of aryl methyl sites for hydroxylation is 1. The van der Waals surface area contributed by atoms with E-state index in [1.807, 2.05) is 37.3 Å². The van der Waals surface area contributed by atoms with Gasteiger partial charge in [-0.3, -0.25) is 0 Å². The van der Waals surface area contributed by atoms with Crippen LogP contribution in [0.5, 0.6) is 0 Å². The van der Waals surface area contributed by atoms with Crippen LogP contribution in [0.3, 0.4) is 0 Å². The Morgan fingerprint density at radius 2 is 2.17 bits per heavy atom. The van der Waals surface area contributed by atoms with Gasteiger partial charge in [0.25, 0.3) is 0 Å². The third-order valence-corrected chi connectivity index (χ3v) is 2.68. The van der Waals surface area contributed by atoms with Gasteiger partial charge in [-0.15, -0.1) is 5.10 Å². The predicted octanol–water partition coefficient (Wildman–Crippen LogP) is 2.54. The summed E-state index contributed by atoms with van der Waals surface area (Å²) in [6.07, 6.45) is 1.75. The van der Waals surface area contributed by atoms with E-state index in [2.05, 4.69) is 20.7 Å². The molecule has 0 bridgehead atoms. The van der Waals surface area contributed by atoms with Crippen molar-refractivity contribution in [1.82, 2.24) is 15.4 Å². The van der Waals surface area contributed by atoms with E-state index in [9.17, 15) is 0 Å². The molecule has 0 saturated carbocycles. The second-order valence-electron chi connectivity index (χ2n) is 4.06. The highest BCUT2D eigenvalue weighted by atomic mass is 16.5. The lowest BCUT2D eigenvalue weighted by molar-refractivity contribution is 0.391. The van der Waals surface area contributed by atoms with Gasteiger partial charge in [-0.2, -0.15) is 5.10 Å². The summed E-state index contributed by atoms with van der Waals surface area (Å²) in [5.41, 5.74) is 0.849. The SMILES string of the molecule is Cc1cc(CNc2nncc3ccccc23)no1. The molecular formula is C13H12N4O. The summed E-state index contributed by atoms with van der Waals surface area (Å²) < 4.78 is 5.01. The Balaban J connectivity index is 1.86. The number of fused-ring (bicyclic) bond motifs is 1. The molecule has 1 aromatic carbocycles. The van der Waals surface area contributed by atoms with E-state index in [0.717, 1.165) is 28.0 Å². The number of nitrogens with one attached hydrogen (secondary N) is 1. The Hall–Kier alpha value is -2.43. The zero-order valence-corrected chi connectivity index (χ0v) is 9.92. The summed E-state index contributed by atoms with van der Waals surface area (Å²) in [5.74, 6) is 1.56. The van der Waals surface area contributed by atoms with Crippen molar-refractivity contribution in [2.24, 2.45) is 0 Å². The lowest BCUT2D eigenvalue weighted by Crippen LogP contribution is -2.03. The lowest BCUT2D eigenvalue weighted by atomic mass is 10.2. The fourth-order valence-corrected chi connectivity index (χ4v) is 1.83. The van der Waals surface area contributed by atoms with E-state index < -0.39 is 0 Å². The van der Waals surface area contributed by atoms with E-state index in [1.54, 1.807) is 6.20 Å². The average molecular weight is 240 g/mol. The molecule has 5 heteroatoms. The number of nitrogens with zero attached hydrogens (tertiary/aromatic N) is 3. The fraction of sp³-hybridized carbons (Fsp3) is 0.154. The summed E-state index contributed by atoms with van der Waals surface area (Å²) in [6.45, 7) is 2.44. The Morgan fingerprint density at radius 3 is 3.00 bits per heavy atom. The van der Waals surface area contributed by atoms with E-state index in [-0.39, 0.29) is 0 Å². The third kappa shape index (κ3) is 2.02. The van der Waals surface area contributed by atoms with Crippen molar-refractivity contribution in [2.45, 2.75) is 13.5 Å². The summed E-state index contributed by atoms with van der Waals surface area (Å²) in [4.78, 5) is 0. The molecule has 0 fully saturated rings. The molecule has 1 N–H and O–H groups in total. The van der Waals surface area contributed by atoms with Crippen molar-refractivity contribution in [3.63, 3.8) is 0 Å². The molecule has 0 amide bonds. The molecule has 0 aliphatic carbocycles. The lowest BCUT2D eigenvalue weighted by Gasteiger charge is -2.05. The van der Waals surface area contributed by atoms with Crippen molar-refractivity contribution in [2.75, 3.05) is 5.32 Å². The van der Waals surface area contributed by atoms with Gasteiger partial charge >= 0.3 is 0 Å². The topological polar surface area (TPSA) is 63.8 Å². The molecule has 2 aromatic heterocycles. The van der Waals surface area contributed by atoms with Gasteiger partial charge in [-0.25, -0.2) is 0 Å². The first-order valence-corrected chi connectivity index (χ1v) is 5.69. The van der Waals surface area contributed by atoms with E-state index in [1.165, 1.54) is 0 Å². The molecule has 90 valence electrons. The highest BCUT2D eigenvalue weighted by molar-refractivity contribution is 5.90. The minimum Gasteiger partial charge on any atom is -0.362 e. The second kappa shape index (κ2) is 4.44. The minimum atomic E-state index is 0.569. The molecule has 0 spiro atoms. The summed E-state index contributed by atoms with van der Waals surface area (Å²) in [6, 6.07) is 9.88. The smallest absolute Gasteiger partial charge is 0.156 e. The van der Waals surface area contributed by atoms with Crippen molar-refractivity contribution >= 4 is 16.6 Å². The number of anilines is 1. The van der Waals surface area contributed by atoms with Crippen LogP contribution in [-0.2, 0) is 6.54 Å². The maximum atomic E-state index is 5.01. The Kier molecular flexibility index (Phi) is 2.64. The first kappa shape index (κ1) is 10.7. The van der Waals surface area contributed by atoms with Crippen LogP contribution in [0, 0.1) is 6.92 Å². The van der Waals surface area contributed by atoms with Gasteiger partial charge in [0.1, 0.15) is 11.5 Å². The predicted molar refractivity (Wildman–Crippen MR) is 68.1 cm³/mol. The van der Waals surface area contributed by atoms with Crippen LogP contribution < -0.4 is 5.32 Å². The Labute approximate surface area is 104 Å². The normalized spacial score (nSPS) is 10.7. The van der Waals surface area contributed by atoms with Gasteiger partial charge in [0.15, 0.2) is 5.82 Å². The molecule has 0 unspecified atom stereocenters. The van der Waals surface area contributed by atoms with Gasteiger partial charge in [0.05, 0.1) is 12.7 Å². The number of hydrogen-bond acceptors (Lipinski definition) is 5. The van der Waals surface area contributed by atoms with Crippen LogP contribution in [0.1, 0.15) is 11.5 Å². The van der Waals surface area contributed by atoms with Crippen molar-refractivity contribution in [3.8, 4) is 0 Å². The molecular weight excluding hydrogens is 228 g/mol. The number of rotatable bonds is 3. The average Bonchev–Trinajstić information content (AvgIpc) is 2.82. The van der Waals surface area contributed by atoms with Crippen LogP contribution in [0.4, 0.5) is 5.82 Å². The molecule has 3 rings (SSSR count). The zero-order chi connectivity index (χ0) is 12.4. The first-order valence-electron chi connectivity index (χ1n) is 5.69. The van der Waals surface area contributed by atoms with Crippen LogP contribution in [-0.4, -0.2) is 15.4 Å². The Bertz CT molecular complexity index is 672. The van der Waals surface area contributed by atoms with Crippen molar-refractivity contribution in [1.29, 1.82) is 0 Å². The molecule has 18 heavy (non-hydrogen) atoms. The maximum Gasteiger partial charge on any atom is 0.156 e. The van der Waals surface area contributed by atoms with Crippen molar-refractivity contribution < 1.29 is 4.52 Å². The van der Waals surface area contributed by atoms with Gasteiger partial charge in [0, 0.05) is 16.8 Å². The van der Waals surface area contributed by atoms with E-state index in [4.69, 9.17) is 4.52 Å². The van der Waals surface area contributed by atoms with Crippen molar-refractivity contribution in [3.05, 3.63) is 48.0 Å². The van der Waals surface area contributed by atoms with Crippen LogP contribution in [0.25, 0.3) is 10.8 Å². The third-order valence-electron chi connectivity index (χ3n) is 2.68. The van der Waals surface area contributed by atoms with E-state index in [0.29, 0.717) is 6.54 Å². The Morgan fingerprint density at radius 1 is 1.28 bits per heavy atom. The summed E-state index contributed by atoms with van der Waals surface area (Å²) in [5, 5.41) is 17.3.